The average Bonchev–Trinajstić information content (AvgIpc) is 3.35. The summed E-state index contributed by atoms with van der Waals surface area (Å²) in [5.74, 6) is -5.10. The number of piperazine rings is 1. The Hall–Kier alpha value is -2.88. The van der Waals surface area contributed by atoms with E-state index >= 15 is 13.2 Å². The van der Waals surface area contributed by atoms with E-state index in [9.17, 15) is 4.79 Å². The maximum Gasteiger partial charge on any atom is 0.191 e. The second kappa shape index (κ2) is 10.0. The Morgan fingerprint density at radius 3 is 2.14 bits per heavy atom. The van der Waals surface area contributed by atoms with Gasteiger partial charge < -0.3 is 24.6 Å². The summed E-state index contributed by atoms with van der Waals surface area (Å²) in [5.41, 5.74) is -0.473. The molecule has 3 heterocycles. The van der Waals surface area contributed by atoms with Crippen molar-refractivity contribution in [2.45, 2.75) is 18.6 Å². The van der Waals surface area contributed by atoms with Crippen molar-refractivity contribution < 1.29 is 27.4 Å². The molecule has 0 unspecified atom stereocenters. The number of piperidine rings is 1. The lowest BCUT2D eigenvalue weighted by Gasteiger charge is -2.39. The lowest BCUT2D eigenvalue weighted by atomic mass is 9.99. The number of rotatable bonds is 5. The van der Waals surface area contributed by atoms with Crippen molar-refractivity contribution in [1.82, 2.24) is 5.32 Å². The molecule has 3 saturated heterocycles. The van der Waals surface area contributed by atoms with Gasteiger partial charge in [0.2, 0.25) is 0 Å². The molecule has 186 valence electrons. The lowest BCUT2D eigenvalue weighted by Crippen LogP contribution is -2.47. The first-order valence-corrected chi connectivity index (χ1v) is 12.0. The summed E-state index contributed by atoms with van der Waals surface area (Å²) in [7, 11) is 0. The molecular formula is C26H28F3N3O3. The Kier molecular flexibility index (Phi) is 6.82. The normalized spacial score (nSPS) is 20.2. The smallest absolute Gasteiger partial charge is 0.191 e. The fourth-order valence-corrected chi connectivity index (χ4v) is 5.00. The van der Waals surface area contributed by atoms with Gasteiger partial charge in [-0.15, -0.1) is 0 Å². The number of halogens is 3. The molecular weight excluding hydrogens is 459 g/mol. The van der Waals surface area contributed by atoms with Gasteiger partial charge in [-0.25, -0.2) is 13.2 Å². The fourth-order valence-electron chi connectivity index (χ4n) is 5.00. The number of allylic oxidation sites excluding steroid dienone is 1. The first kappa shape index (κ1) is 23.8. The van der Waals surface area contributed by atoms with Gasteiger partial charge in [-0.1, -0.05) is 36.4 Å². The Labute approximate surface area is 202 Å². The molecule has 3 aliphatic heterocycles. The number of nitrogens with zero attached hydrogens (tertiary/aromatic N) is 2. The molecule has 3 aliphatic rings. The first-order valence-electron chi connectivity index (χ1n) is 12.0. The van der Waals surface area contributed by atoms with E-state index in [4.69, 9.17) is 9.47 Å². The van der Waals surface area contributed by atoms with Crippen LogP contribution < -0.4 is 15.1 Å². The van der Waals surface area contributed by atoms with E-state index < -0.39 is 40.3 Å². The van der Waals surface area contributed by atoms with Crippen LogP contribution in [0.2, 0.25) is 0 Å². The van der Waals surface area contributed by atoms with Crippen LogP contribution in [0.15, 0.2) is 36.4 Å². The van der Waals surface area contributed by atoms with Gasteiger partial charge in [-0.05, 0) is 11.6 Å². The topological polar surface area (TPSA) is 54.0 Å². The molecule has 0 saturated carbocycles. The molecule has 9 heteroatoms. The van der Waals surface area contributed by atoms with Crippen LogP contribution in [0, 0.1) is 17.5 Å². The van der Waals surface area contributed by atoms with Crippen molar-refractivity contribution in [3.63, 3.8) is 0 Å². The fraction of sp³-hybridized carbons (Fsp3) is 0.423. The molecule has 2 aromatic carbocycles. The summed E-state index contributed by atoms with van der Waals surface area (Å²) in [6, 6.07) is 8.99. The number of ether oxygens (including phenoxy) is 2. The number of carbonyl (C=O) groups is 1. The number of hydrogen-bond acceptors (Lipinski definition) is 6. The van der Waals surface area contributed by atoms with E-state index in [1.807, 2.05) is 6.07 Å². The molecule has 35 heavy (non-hydrogen) atoms. The molecule has 5 rings (SSSR count). The van der Waals surface area contributed by atoms with Gasteiger partial charge >= 0.3 is 0 Å². The Bertz CT molecular complexity index is 1100. The third-order valence-corrected chi connectivity index (χ3v) is 6.83. The van der Waals surface area contributed by atoms with E-state index in [-0.39, 0.29) is 18.8 Å². The van der Waals surface area contributed by atoms with Crippen molar-refractivity contribution in [2.75, 3.05) is 62.3 Å². The summed E-state index contributed by atoms with van der Waals surface area (Å²) < 4.78 is 58.5. The summed E-state index contributed by atoms with van der Waals surface area (Å²) >= 11 is 0. The Morgan fingerprint density at radius 1 is 0.857 bits per heavy atom. The van der Waals surface area contributed by atoms with E-state index in [0.29, 0.717) is 52.2 Å². The van der Waals surface area contributed by atoms with Crippen LogP contribution in [0.5, 0.6) is 0 Å². The minimum atomic E-state index is -1.35. The van der Waals surface area contributed by atoms with Crippen molar-refractivity contribution in [1.29, 1.82) is 0 Å². The summed E-state index contributed by atoms with van der Waals surface area (Å²) in [4.78, 5) is 16.2. The van der Waals surface area contributed by atoms with Crippen LogP contribution >= 0.6 is 0 Å². The monoisotopic (exact) mass is 487 g/mol. The van der Waals surface area contributed by atoms with Crippen LogP contribution in [-0.4, -0.2) is 64.1 Å². The van der Waals surface area contributed by atoms with Gasteiger partial charge in [-0.2, -0.15) is 0 Å². The quantitative estimate of drug-likeness (QED) is 0.394. The number of hydrogen-bond donors (Lipinski definition) is 1. The third kappa shape index (κ3) is 4.68. The second-order valence-electron chi connectivity index (χ2n) is 8.95. The molecule has 6 nitrogen and oxygen atoms in total. The predicted molar refractivity (Wildman–Crippen MR) is 127 cm³/mol. The van der Waals surface area contributed by atoms with Gasteiger partial charge in [0.15, 0.2) is 29.0 Å². The molecule has 3 fully saturated rings. The highest BCUT2D eigenvalue weighted by atomic mass is 19.2. The van der Waals surface area contributed by atoms with Gasteiger partial charge in [0.05, 0.1) is 24.5 Å². The standard InChI is InChI=1S/C26H28F3N3O3/c27-21-20(19(33)7-6-18-4-2-1-3-5-18)24(32-14-10-30-11-15-32)23(29)25(22(21)28)31-12-8-26(9-13-31)34-16-17-35-26/h1-7,30H,8-17H2. The van der Waals surface area contributed by atoms with E-state index in [0.717, 1.165) is 11.6 Å². The van der Waals surface area contributed by atoms with Gasteiger partial charge in [-0.3, -0.25) is 4.79 Å². The molecule has 0 radical (unpaired) electrons. The zero-order chi connectivity index (χ0) is 24.4. The van der Waals surface area contributed by atoms with Crippen molar-refractivity contribution in [2.24, 2.45) is 0 Å². The van der Waals surface area contributed by atoms with Crippen molar-refractivity contribution in [3.8, 4) is 0 Å². The molecule has 0 atom stereocenters. The van der Waals surface area contributed by atoms with Crippen molar-refractivity contribution >= 4 is 23.2 Å². The van der Waals surface area contributed by atoms with Gasteiger partial charge in [0, 0.05) is 52.1 Å². The highest BCUT2D eigenvalue weighted by Crippen LogP contribution is 2.41. The van der Waals surface area contributed by atoms with E-state index in [1.165, 1.54) is 11.0 Å². The molecule has 0 aromatic heterocycles. The zero-order valence-electron chi connectivity index (χ0n) is 19.4. The predicted octanol–water partition coefficient (Wildman–Crippen LogP) is 3.75. The van der Waals surface area contributed by atoms with Gasteiger partial charge in [0.25, 0.3) is 0 Å². The number of anilines is 2. The van der Waals surface area contributed by atoms with Crippen LogP contribution in [-0.2, 0) is 9.47 Å². The minimum absolute atomic E-state index is 0.184. The van der Waals surface area contributed by atoms with Crippen LogP contribution in [0.25, 0.3) is 6.08 Å². The SMILES string of the molecule is O=C(C=Cc1ccccc1)c1c(F)c(F)c(N2CCC3(CC2)OCCO3)c(F)c1N1CCNCC1. The molecule has 1 spiro atoms. The molecule has 1 N–H and O–H groups in total. The Balaban J connectivity index is 1.53. The molecule has 0 bridgehead atoms. The van der Waals surface area contributed by atoms with Crippen molar-refractivity contribution in [3.05, 3.63) is 65.0 Å². The molecule has 2 aromatic rings. The van der Waals surface area contributed by atoms with Crippen LogP contribution in [0.3, 0.4) is 0 Å². The first-order chi connectivity index (χ1) is 17.0. The largest absolute Gasteiger partial charge is 0.366 e. The molecule has 0 aliphatic carbocycles. The molecule has 0 amide bonds. The summed E-state index contributed by atoms with van der Waals surface area (Å²) in [6.45, 7) is 3.29. The number of carbonyl (C=O) groups excluding carboxylic acids is 1. The van der Waals surface area contributed by atoms with E-state index in [1.54, 1.807) is 29.2 Å². The minimum Gasteiger partial charge on any atom is -0.366 e. The maximum atomic E-state index is 16.1. The second-order valence-corrected chi connectivity index (χ2v) is 8.95. The van der Waals surface area contributed by atoms with Gasteiger partial charge in [0.1, 0.15) is 5.69 Å². The summed E-state index contributed by atoms with van der Waals surface area (Å²) in [5, 5.41) is 3.16. The highest BCUT2D eigenvalue weighted by Gasteiger charge is 2.42. The third-order valence-electron chi connectivity index (χ3n) is 6.83. The zero-order valence-corrected chi connectivity index (χ0v) is 19.4. The number of benzene rings is 2. The van der Waals surface area contributed by atoms with Crippen LogP contribution in [0.4, 0.5) is 24.5 Å². The Morgan fingerprint density at radius 2 is 1.49 bits per heavy atom. The lowest BCUT2D eigenvalue weighted by molar-refractivity contribution is -0.169. The average molecular weight is 488 g/mol. The highest BCUT2D eigenvalue weighted by molar-refractivity contribution is 6.11. The summed E-state index contributed by atoms with van der Waals surface area (Å²) in [6.07, 6.45) is 3.50. The number of nitrogens with one attached hydrogen (secondary N) is 1. The van der Waals surface area contributed by atoms with E-state index in [2.05, 4.69) is 5.32 Å². The number of ketones is 1. The maximum absolute atomic E-state index is 16.1. The van der Waals surface area contributed by atoms with Crippen LogP contribution in [0.1, 0.15) is 28.8 Å².